The molecule has 1 aromatic heterocycles. The molecule has 0 fully saturated rings. The monoisotopic (exact) mass is 141 g/mol. The molecule has 54 valence electrons. The van der Waals surface area contributed by atoms with Gasteiger partial charge in [0, 0.05) is 18.0 Å². The standard InChI is InChI=1S/C6H7NO3/c8-5(6(9)10)4-1-2-7-3-4/h1-3,5,7-8H,(H,9,10). The van der Waals surface area contributed by atoms with Crippen molar-refractivity contribution >= 4 is 5.97 Å². The molecule has 0 saturated carbocycles. The number of aliphatic carboxylic acids is 1. The third kappa shape index (κ3) is 1.16. The minimum atomic E-state index is -1.41. The fourth-order valence-corrected chi connectivity index (χ4v) is 0.649. The Morgan fingerprint density at radius 2 is 2.40 bits per heavy atom. The first-order valence-electron chi connectivity index (χ1n) is 2.75. The number of H-pyrrole nitrogens is 1. The Balaban J connectivity index is 2.77. The van der Waals surface area contributed by atoms with Crippen molar-refractivity contribution in [1.82, 2.24) is 4.98 Å². The predicted molar refractivity (Wildman–Crippen MR) is 33.4 cm³/mol. The van der Waals surface area contributed by atoms with Crippen molar-refractivity contribution in [2.75, 3.05) is 0 Å². The van der Waals surface area contributed by atoms with Crippen molar-refractivity contribution in [3.63, 3.8) is 0 Å². The van der Waals surface area contributed by atoms with E-state index in [0.29, 0.717) is 5.56 Å². The van der Waals surface area contributed by atoms with Crippen LogP contribution in [0.5, 0.6) is 0 Å². The maximum Gasteiger partial charge on any atom is 0.337 e. The SMILES string of the molecule is O=C(O)C(O)c1cc[nH]c1. The summed E-state index contributed by atoms with van der Waals surface area (Å²) in [7, 11) is 0. The molecule has 0 aromatic carbocycles. The Morgan fingerprint density at radius 3 is 2.80 bits per heavy atom. The van der Waals surface area contributed by atoms with Crippen molar-refractivity contribution in [2.24, 2.45) is 0 Å². The van der Waals surface area contributed by atoms with E-state index < -0.39 is 12.1 Å². The Morgan fingerprint density at radius 1 is 1.70 bits per heavy atom. The Kier molecular flexibility index (Phi) is 1.73. The number of carboxylic acid groups (broad SMARTS) is 1. The topological polar surface area (TPSA) is 73.3 Å². The van der Waals surface area contributed by atoms with Gasteiger partial charge in [-0.15, -0.1) is 0 Å². The minimum Gasteiger partial charge on any atom is -0.479 e. The zero-order valence-corrected chi connectivity index (χ0v) is 5.11. The number of aliphatic hydroxyl groups excluding tert-OH is 1. The van der Waals surface area contributed by atoms with Gasteiger partial charge in [0.05, 0.1) is 0 Å². The zero-order chi connectivity index (χ0) is 7.56. The van der Waals surface area contributed by atoms with Crippen LogP contribution < -0.4 is 0 Å². The van der Waals surface area contributed by atoms with E-state index in [4.69, 9.17) is 10.2 Å². The smallest absolute Gasteiger partial charge is 0.337 e. The summed E-state index contributed by atoms with van der Waals surface area (Å²) >= 11 is 0. The molecule has 4 heteroatoms. The number of carboxylic acids is 1. The second-order valence-electron chi connectivity index (χ2n) is 1.89. The van der Waals surface area contributed by atoms with E-state index >= 15 is 0 Å². The quantitative estimate of drug-likeness (QED) is 0.548. The lowest BCUT2D eigenvalue weighted by Crippen LogP contribution is -2.09. The summed E-state index contributed by atoms with van der Waals surface area (Å²) in [6.07, 6.45) is 1.59. The molecule has 1 rings (SSSR count). The lowest BCUT2D eigenvalue weighted by Gasteiger charge is -1.99. The summed E-state index contributed by atoms with van der Waals surface area (Å²) in [5.41, 5.74) is 0.368. The first kappa shape index (κ1) is 6.82. The lowest BCUT2D eigenvalue weighted by molar-refractivity contribution is -0.146. The van der Waals surface area contributed by atoms with Crippen LogP contribution in [0.4, 0.5) is 0 Å². The molecule has 4 nitrogen and oxygen atoms in total. The Hall–Kier alpha value is -1.29. The zero-order valence-electron chi connectivity index (χ0n) is 5.11. The molecule has 1 heterocycles. The fraction of sp³-hybridized carbons (Fsp3) is 0.167. The molecular weight excluding hydrogens is 134 g/mol. The summed E-state index contributed by atoms with van der Waals surface area (Å²) in [4.78, 5) is 12.8. The first-order valence-corrected chi connectivity index (χ1v) is 2.75. The molecule has 0 spiro atoms. The average Bonchev–Trinajstić information content (AvgIpc) is 2.36. The van der Waals surface area contributed by atoms with E-state index in [9.17, 15) is 4.79 Å². The number of aromatic amines is 1. The van der Waals surface area contributed by atoms with Gasteiger partial charge in [-0.05, 0) is 6.07 Å². The molecule has 0 aliphatic carbocycles. The molecule has 1 atom stereocenters. The Bertz CT molecular complexity index is 217. The predicted octanol–water partition coefficient (Wildman–Crippen LogP) is 0.133. The number of aliphatic hydroxyl groups is 1. The summed E-state index contributed by atoms with van der Waals surface area (Å²) in [5.74, 6) is -1.24. The van der Waals surface area contributed by atoms with Crippen LogP contribution in [0.25, 0.3) is 0 Å². The maximum atomic E-state index is 10.1. The largest absolute Gasteiger partial charge is 0.479 e. The van der Waals surface area contributed by atoms with Crippen LogP contribution >= 0.6 is 0 Å². The number of carbonyl (C=O) groups is 1. The Labute approximate surface area is 57.1 Å². The van der Waals surface area contributed by atoms with Crippen LogP contribution in [-0.2, 0) is 4.79 Å². The summed E-state index contributed by atoms with van der Waals surface area (Å²) in [6, 6.07) is 1.51. The van der Waals surface area contributed by atoms with Gasteiger partial charge in [-0.1, -0.05) is 0 Å². The fourth-order valence-electron chi connectivity index (χ4n) is 0.649. The molecule has 3 N–H and O–H groups in total. The van der Waals surface area contributed by atoms with Crippen molar-refractivity contribution in [3.8, 4) is 0 Å². The number of hydrogen-bond donors (Lipinski definition) is 3. The summed E-state index contributed by atoms with van der Waals surface area (Å²) < 4.78 is 0. The number of hydrogen-bond acceptors (Lipinski definition) is 2. The molecule has 0 saturated heterocycles. The minimum absolute atomic E-state index is 0.368. The van der Waals surface area contributed by atoms with Gasteiger partial charge in [0.25, 0.3) is 0 Å². The van der Waals surface area contributed by atoms with E-state index in [1.807, 2.05) is 0 Å². The highest BCUT2D eigenvalue weighted by Gasteiger charge is 2.14. The average molecular weight is 141 g/mol. The second-order valence-corrected chi connectivity index (χ2v) is 1.89. The van der Waals surface area contributed by atoms with Gasteiger partial charge in [-0.25, -0.2) is 4.79 Å². The normalized spacial score (nSPS) is 12.9. The van der Waals surface area contributed by atoms with E-state index in [-0.39, 0.29) is 0 Å². The van der Waals surface area contributed by atoms with Gasteiger partial charge in [0.1, 0.15) is 0 Å². The van der Waals surface area contributed by atoms with E-state index in [1.165, 1.54) is 12.3 Å². The molecule has 0 bridgehead atoms. The van der Waals surface area contributed by atoms with Crippen molar-refractivity contribution in [1.29, 1.82) is 0 Å². The van der Waals surface area contributed by atoms with Crippen LogP contribution in [0.1, 0.15) is 11.7 Å². The molecule has 1 unspecified atom stereocenters. The highest BCUT2D eigenvalue weighted by Crippen LogP contribution is 2.10. The number of aromatic nitrogens is 1. The highest BCUT2D eigenvalue weighted by molar-refractivity contribution is 5.73. The van der Waals surface area contributed by atoms with Crippen LogP contribution in [0.3, 0.4) is 0 Å². The highest BCUT2D eigenvalue weighted by atomic mass is 16.4. The number of rotatable bonds is 2. The molecular formula is C6H7NO3. The van der Waals surface area contributed by atoms with Gasteiger partial charge in [-0.2, -0.15) is 0 Å². The van der Waals surface area contributed by atoms with Gasteiger partial charge >= 0.3 is 5.97 Å². The molecule has 10 heavy (non-hydrogen) atoms. The van der Waals surface area contributed by atoms with Crippen molar-refractivity contribution in [3.05, 3.63) is 24.0 Å². The van der Waals surface area contributed by atoms with Gasteiger partial charge in [-0.3, -0.25) is 0 Å². The van der Waals surface area contributed by atoms with E-state index in [2.05, 4.69) is 4.98 Å². The third-order valence-electron chi connectivity index (χ3n) is 1.17. The van der Waals surface area contributed by atoms with Crippen LogP contribution in [0.15, 0.2) is 18.5 Å². The van der Waals surface area contributed by atoms with E-state index in [0.717, 1.165) is 0 Å². The first-order chi connectivity index (χ1) is 4.72. The van der Waals surface area contributed by atoms with Crippen molar-refractivity contribution in [2.45, 2.75) is 6.10 Å². The van der Waals surface area contributed by atoms with Crippen LogP contribution in [0.2, 0.25) is 0 Å². The van der Waals surface area contributed by atoms with Gasteiger partial charge in [0.2, 0.25) is 0 Å². The summed E-state index contributed by atoms with van der Waals surface area (Å²) in [6.45, 7) is 0. The van der Waals surface area contributed by atoms with Crippen LogP contribution in [-0.4, -0.2) is 21.2 Å². The third-order valence-corrected chi connectivity index (χ3v) is 1.17. The molecule has 0 aliphatic rings. The second kappa shape index (κ2) is 2.53. The molecule has 0 amide bonds. The number of nitrogens with one attached hydrogen (secondary N) is 1. The lowest BCUT2D eigenvalue weighted by atomic mass is 10.2. The van der Waals surface area contributed by atoms with Gasteiger partial charge < -0.3 is 15.2 Å². The van der Waals surface area contributed by atoms with Crippen LogP contribution in [0, 0.1) is 0 Å². The molecule has 0 radical (unpaired) electrons. The maximum absolute atomic E-state index is 10.1. The van der Waals surface area contributed by atoms with E-state index in [1.54, 1.807) is 6.20 Å². The molecule has 0 aliphatic heterocycles. The van der Waals surface area contributed by atoms with Gasteiger partial charge in [0.15, 0.2) is 6.10 Å². The summed E-state index contributed by atoms with van der Waals surface area (Å²) in [5, 5.41) is 17.2. The molecule has 1 aromatic rings. The van der Waals surface area contributed by atoms with Crippen molar-refractivity contribution < 1.29 is 15.0 Å².